The summed E-state index contributed by atoms with van der Waals surface area (Å²) in [4.78, 5) is 38.4. The van der Waals surface area contributed by atoms with Crippen LogP contribution in [0, 0.1) is 5.92 Å². The summed E-state index contributed by atoms with van der Waals surface area (Å²) in [6, 6.07) is 6.83. The number of ether oxygens (including phenoxy) is 2. The number of benzene rings is 1. The maximum absolute atomic E-state index is 12.9. The number of methoxy groups -OCH3 is 1. The van der Waals surface area contributed by atoms with Crippen LogP contribution in [-0.4, -0.2) is 48.9 Å². The van der Waals surface area contributed by atoms with Gasteiger partial charge in [-0.1, -0.05) is 0 Å². The van der Waals surface area contributed by atoms with Gasteiger partial charge in [0.2, 0.25) is 5.69 Å². The Kier molecular flexibility index (Phi) is 5.58. The van der Waals surface area contributed by atoms with Crippen molar-refractivity contribution in [3.8, 4) is 11.4 Å². The van der Waals surface area contributed by atoms with Gasteiger partial charge < -0.3 is 14.4 Å². The molecule has 0 radical (unpaired) electrons. The van der Waals surface area contributed by atoms with Gasteiger partial charge in [0.15, 0.2) is 0 Å². The minimum atomic E-state index is -0.747. The number of aromatic nitrogens is 2. The van der Waals surface area contributed by atoms with E-state index in [1.165, 1.54) is 4.68 Å². The lowest BCUT2D eigenvalue weighted by atomic mass is 9.97. The number of aromatic amines is 1. The van der Waals surface area contributed by atoms with Crippen LogP contribution in [0.2, 0.25) is 0 Å². The number of amides is 1. The van der Waals surface area contributed by atoms with Gasteiger partial charge >= 0.3 is 23.2 Å². The maximum atomic E-state index is 12.9. The predicted molar refractivity (Wildman–Crippen MR) is 92.7 cm³/mol. The lowest BCUT2D eigenvalue weighted by Crippen LogP contribution is -2.48. The molecule has 1 aromatic carbocycles. The highest BCUT2D eigenvalue weighted by molar-refractivity contribution is 5.90. The lowest BCUT2D eigenvalue weighted by Gasteiger charge is -2.29. The van der Waals surface area contributed by atoms with Crippen LogP contribution in [0.5, 0.6) is 5.75 Å². The molecule has 0 bridgehead atoms. The Hall–Kier alpha value is -3.10. The van der Waals surface area contributed by atoms with Gasteiger partial charge in [-0.15, -0.1) is 0 Å². The van der Waals surface area contributed by atoms with Gasteiger partial charge in [-0.05, 0) is 41.9 Å². The van der Waals surface area contributed by atoms with Crippen LogP contribution in [0.1, 0.15) is 30.3 Å². The van der Waals surface area contributed by atoms with Gasteiger partial charge in [0.1, 0.15) is 5.75 Å². The number of hydrogen-bond donors (Lipinski definition) is 1. The number of carbonyl (C=O) groups is 2. The van der Waals surface area contributed by atoms with Crippen LogP contribution >= 0.6 is 0 Å². The quantitative estimate of drug-likeness (QED) is 0.607. The minimum Gasteiger partial charge on any atom is -0.497 e. The molecule has 1 N–H and O–H groups in total. The molecule has 9 heteroatoms. The molecule has 3 rings (SSSR count). The Balaban J connectivity index is 1.77. The number of piperidine rings is 1. The van der Waals surface area contributed by atoms with Crippen molar-refractivity contribution >= 4 is 11.9 Å². The van der Waals surface area contributed by atoms with Crippen LogP contribution in [0.3, 0.4) is 0 Å². The van der Waals surface area contributed by atoms with Crippen LogP contribution in [0.15, 0.2) is 33.6 Å². The van der Waals surface area contributed by atoms with E-state index in [0.717, 1.165) is 0 Å². The zero-order chi connectivity index (χ0) is 19.4. The molecule has 144 valence electrons. The van der Waals surface area contributed by atoms with E-state index in [0.29, 0.717) is 44.0 Å². The molecule has 0 saturated carbocycles. The van der Waals surface area contributed by atoms with Gasteiger partial charge in [0, 0.05) is 25.2 Å². The minimum absolute atomic E-state index is 0.116. The molecule has 9 nitrogen and oxygen atoms in total. The average Bonchev–Trinajstić information content (AvgIpc) is 3.09. The Labute approximate surface area is 155 Å². The highest BCUT2D eigenvalue weighted by Crippen LogP contribution is 2.19. The van der Waals surface area contributed by atoms with Crippen molar-refractivity contribution in [3.63, 3.8) is 0 Å². The second kappa shape index (κ2) is 8.07. The summed E-state index contributed by atoms with van der Waals surface area (Å²) in [7, 11) is 1.55. The van der Waals surface area contributed by atoms with E-state index in [4.69, 9.17) is 14.0 Å². The van der Waals surface area contributed by atoms with Crippen molar-refractivity contribution in [2.45, 2.75) is 19.8 Å². The molecule has 1 amide bonds. The van der Waals surface area contributed by atoms with Gasteiger partial charge in [-0.2, -0.15) is 0 Å². The normalized spacial score (nSPS) is 14.8. The van der Waals surface area contributed by atoms with E-state index in [1.54, 1.807) is 43.2 Å². The summed E-state index contributed by atoms with van der Waals surface area (Å²) in [5.74, 6) is -0.244. The van der Waals surface area contributed by atoms with Crippen molar-refractivity contribution in [3.05, 3.63) is 40.4 Å². The molecule has 1 fully saturated rings. The first kappa shape index (κ1) is 18.7. The van der Waals surface area contributed by atoms with Crippen LogP contribution in [0.4, 0.5) is 0 Å². The third-order valence-corrected chi connectivity index (χ3v) is 4.58. The number of esters is 1. The summed E-state index contributed by atoms with van der Waals surface area (Å²) in [6.45, 7) is 2.84. The topological polar surface area (TPSA) is 106 Å². The van der Waals surface area contributed by atoms with E-state index in [9.17, 15) is 14.4 Å². The van der Waals surface area contributed by atoms with Gasteiger partial charge in [-0.25, -0.2) is 4.79 Å². The molecule has 0 atom stereocenters. The van der Waals surface area contributed by atoms with Crippen LogP contribution in [-0.2, 0) is 9.53 Å². The Bertz CT molecular complexity index is 862. The third-order valence-electron chi connectivity index (χ3n) is 4.58. The number of nitrogens with zero attached hydrogens (tertiary/aromatic N) is 2. The highest BCUT2D eigenvalue weighted by Gasteiger charge is 2.37. The summed E-state index contributed by atoms with van der Waals surface area (Å²) >= 11 is 0. The van der Waals surface area contributed by atoms with Crippen molar-refractivity contribution in [2.75, 3.05) is 26.8 Å². The number of H-pyrrole nitrogens is 1. The zero-order valence-electron chi connectivity index (χ0n) is 15.3. The van der Waals surface area contributed by atoms with E-state index < -0.39 is 11.5 Å². The highest BCUT2D eigenvalue weighted by atomic mass is 16.5. The zero-order valence-corrected chi connectivity index (χ0v) is 15.3. The molecule has 2 aromatic rings. The monoisotopic (exact) mass is 376 g/mol. The predicted octanol–water partition coefficient (Wildman–Crippen LogP) is 0.669. The molecule has 0 aliphatic carbocycles. The van der Waals surface area contributed by atoms with E-state index in [1.807, 2.05) is 0 Å². The molecule has 1 aliphatic rings. The molecule has 27 heavy (non-hydrogen) atoms. The number of nitrogens with one attached hydrogen (secondary N) is 1. The van der Waals surface area contributed by atoms with E-state index >= 15 is 0 Å². The molecule has 0 spiro atoms. The molecule has 1 saturated heterocycles. The largest absolute Gasteiger partial charge is 0.497 e. The number of hydrogen-bond acceptors (Lipinski definition) is 6. The van der Waals surface area contributed by atoms with Gasteiger partial charge in [0.05, 0.1) is 19.6 Å². The summed E-state index contributed by atoms with van der Waals surface area (Å²) in [5, 5.41) is 2.46. The smallest absolute Gasteiger partial charge is 0.441 e. The van der Waals surface area contributed by atoms with Crippen LogP contribution in [0.25, 0.3) is 5.69 Å². The molecular weight excluding hydrogens is 354 g/mol. The fourth-order valence-corrected chi connectivity index (χ4v) is 3.10. The Morgan fingerprint density at radius 3 is 2.52 bits per heavy atom. The first-order valence-electron chi connectivity index (χ1n) is 8.79. The lowest BCUT2D eigenvalue weighted by molar-refractivity contribution is -0.672. The maximum Gasteiger partial charge on any atom is 0.441 e. The number of rotatable bonds is 5. The standard InChI is InChI=1S/C18H21N3O6/c1-3-26-17(23)12-8-10-20(11-9-12)16(22)15-18(24)27-19-21(15)13-4-6-14(25-2)7-5-13/h4-7,12H,3,8-11H2,1-2H3/p+1. The molecule has 1 aliphatic heterocycles. The number of likely N-dealkylation sites (tertiary alicyclic amines) is 1. The van der Waals surface area contributed by atoms with Crippen molar-refractivity contribution in [1.29, 1.82) is 0 Å². The summed E-state index contributed by atoms with van der Waals surface area (Å²) < 4.78 is 16.3. The average molecular weight is 376 g/mol. The second-order valence-corrected chi connectivity index (χ2v) is 6.18. The fourth-order valence-electron chi connectivity index (χ4n) is 3.10. The summed E-state index contributed by atoms with van der Waals surface area (Å²) in [6.07, 6.45) is 1.01. The van der Waals surface area contributed by atoms with Crippen molar-refractivity contribution in [1.82, 2.24) is 10.2 Å². The second-order valence-electron chi connectivity index (χ2n) is 6.18. The summed E-state index contributed by atoms with van der Waals surface area (Å²) in [5.41, 5.74) is -0.301. The SMILES string of the molecule is CCOC(=O)C1CCN(C(=O)c2c(=O)o[nH][n+]2-c2ccc(OC)cc2)CC1. The Morgan fingerprint density at radius 2 is 1.93 bits per heavy atom. The van der Waals surface area contributed by atoms with Crippen LogP contribution < -0.4 is 15.0 Å². The molecular formula is C18H22N3O6+. The molecule has 1 aromatic heterocycles. The third kappa shape index (κ3) is 3.86. The van der Waals surface area contributed by atoms with Gasteiger partial charge in [0.25, 0.3) is 0 Å². The number of carbonyl (C=O) groups excluding carboxylic acids is 2. The van der Waals surface area contributed by atoms with Crippen molar-refractivity contribution in [2.24, 2.45) is 5.92 Å². The first-order chi connectivity index (χ1) is 13.0. The molecule has 2 heterocycles. The van der Waals surface area contributed by atoms with Gasteiger partial charge in [-0.3, -0.25) is 14.1 Å². The van der Waals surface area contributed by atoms with E-state index in [-0.39, 0.29) is 17.6 Å². The van der Waals surface area contributed by atoms with Crippen molar-refractivity contribution < 1.29 is 28.3 Å². The Morgan fingerprint density at radius 1 is 1.26 bits per heavy atom. The fraction of sp³-hybridized carbons (Fsp3) is 0.444. The molecule has 0 unspecified atom stereocenters. The van der Waals surface area contributed by atoms with E-state index in [2.05, 4.69) is 5.27 Å². The first-order valence-corrected chi connectivity index (χ1v) is 8.79.